The average molecular weight is 327 g/mol. The van der Waals surface area contributed by atoms with Gasteiger partial charge < -0.3 is 15.3 Å². The van der Waals surface area contributed by atoms with E-state index in [0.29, 0.717) is 6.54 Å². The van der Waals surface area contributed by atoms with Gasteiger partial charge >= 0.3 is 0 Å². The van der Waals surface area contributed by atoms with Crippen LogP contribution in [0.2, 0.25) is 0 Å². The fraction of sp³-hybridized carbons (Fsp3) is 0.500. The third kappa shape index (κ3) is 2.77. The van der Waals surface area contributed by atoms with Crippen LogP contribution in [0.4, 0.5) is 5.69 Å². The minimum Gasteiger partial charge on any atom is -0.392 e. The smallest absolute Gasteiger partial charge is 0.227 e. The number of amides is 1. The molecule has 1 amide bonds. The second kappa shape index (κ2) is 5.51. The molecule has 104 valence electrons. The summed E-state index contributed by atoms with van der Waals surface area (Å²) >= 11 is 3.46. The zero-order chi connectivity index (χ0) is 14.0. The van der Waals surface area contributed by atoms with E-state index in [1.807, 2.05) is 25.1 Å². The maximum absolute atomic E-state index is 11.9. The van der Waals surface area contributed by atoms with Gasteiger partial charge in [0.15, 0.2) is 0 Å². The van der Waals surface area contributed by atoms with Crippen molar-refractivity contribution in [2.24, 2.45) is 5.41 Å². The Morgan fingerprint density at radius 2 is 2.32 bits per heavy atom. The summed E-state index contributed by atoms with van der Waals surface area (Å²) in [4.78, 5) is 14.1. The molecule has 1 aliphatic rings. The first-order chi connectivity index (χ1) is 9.00. The van der Waals surface area contributed by atoms with Gasteiger partial charge in [-0.1, -0.05) is 22.0 Å². The molecule has 4 nitrogen and oxygen atoms in total. The molecule has 5 heteroatoms. The van der Waals surface area contributed by atoms with E-state index < -0.39 is 0 Å². The predicted molar refractivity (Wildman–Crippen MR) is 79.1 cm³/mol. The topological polar surface area (TPSA) is 52.6 Å². The molecule has 1 aliphatic heterocycles. The molecule has 1 saturated heterocycles. The summed E-state index contributed by atoms with van der Waals surface area (Å²) in [6, 6.07) is 5.83. The summed E-state index contributed by atoms with van der Waals surface area (Å²) in [5, 5.41) is 12.2. The number of rotatable bonds is 3. The van der Waals surface area contributed by atoms with Crippen LogP contribution >= 0.6 is 15.9 Å². The molecule has 1 aromatic rings. The van der Waals surface area contributed by atoms with Gasteiger partial charge in [-0.15, -0.1) is 0 Å². The van der Waals surface area contributed by atoms with Crippen LogP contribution in [-0.2, 0) is 11.4 Å². The van der Waals surface area contributed by atoms with E-state index in [0.717, 1.165) is 28.7 Å². The highest BCUT2D eigenvalue weighted by molar-refractivity contribution is 9.10. The molecule has 1 heterocycles. The number of anilines is 1. The van der Waals surface area contributed by atoms with Crippen LogP contribution in [0.15, 0.2) is 22.7 Å². The molecule has 0 spiro atoms. The molecular formula is C14H19BrN2O2. The normalized spacial score (nSPS) is 22.6. The molecule has 2 N–H and O–H groups in total. The van der Waals surface area contributed by atoms with E-state index in [9.17, 15) is 9.90 Å². The number of hydrogen-bond donors (Lipinski definition) is 2. The summed E-state index contributed by atoms with van der Waals surface area (Å²) in [6.07, 6.45) is 0.823. The number of benzene rings is 1. The van der Waals surface area contributed by atoms with Crippen LogP contribution in [0.1, 0.15) is 18.9 Å². The predicted octanol–water partition coefficient (Wildman–Crippen LogP) is 1.90. The van der Waals surface area contributed by atoms with Gasteiger partial charge in [-0.05, 0) is 25.5 Å². The summed E-state index contributed by atoms with van der Waals surface area (Å²) in [7, 11) is 1.68. The van der Waals surface area contributed by atoms with Crippen molar-refractivity contribution in [3.63, 3.8) is 0 Å². The Labute approximate surface area is 121 Å². The molecule has 1 fully saturated rings. The van der Waals surface area contributed by atoms with E-state index in [1.165, 1.54) is 0 Å². The van der Waals surface area contributed by atoms with Gasteiger partial charge in [-0.25, -0.2) is 0 Å². The number of hydrogen-bond acceptors (Lipinski definition) is 3. The first-order valence-corrected chi connectivity index (χ1v) is 7.16. The Morgan fingerprint density at radius 3 is 2.95 bits per heavy atom. The highest BCUT2D eigenvalue weighted by atomic mass is 79.9. The molecule has 0 saturated carbocycles. The molecule has 0 bridgehead atoms. The first-order valence-electron chi connectivity index (χ1n) is 6.36. The van der Waals surface area contributed by atoms with Crippen molar-refractivity contribution < 1.29 is 9.90 Å². The molecule has 1 atom stereocenters. The SMILES string of the molecule is CNC(=O)C1(C)CCN(c2cc(Br)ccc2CO)C1. The van der Waals surface area contributed by atoms with Gasteiger partial charge in [-0.2, -0.15) is 0 Å². The lowest BCUT2D eigenvalue weighted by atomic mass is 9.89. The Kier molecular flexibility index (Phi) is 4.16. The lowest BCUT2D eigenvalue weighted by Crippen LogP contribution is -2.39. The number of carbonyl (C=O) groups is 1. The first kappa shape index (κ1) is 14.3. The van der Waals surface area contributed by atoms with Crippen LogP contribution in [0.25, 0.3) is 0 Å². The van der Waals surface area contributed by atoms with Crippen molar-refractivity contribution in [1.82, 2.24) is 5.32 Å². The number of aliphatic hydroxyl groups is 1. The van der Waals surface area contributed by atoms with Crippen LogP contribution in [0.3, 0.4) is 0 Å². The zero-order valence-corrected chi connectivity index (χ0v) is 12.8. The summed E-state index contributed by atoms with van der Waals surface area (Å²) in [5.41, 5.74) is 1.54. The van der Waals surface area contributed by atoms with Crippen LogP contribution in [0, 0.1) is 5.41 Å². The number of aliphatic hydroxyl groups excluding tert-OH is 1. The van der Waals surface area contributed by atoms with E-state index in [2.05, 4.69) is 26.1 Å². The lowest BCUT2D eigenvalue weighted by molar-refractivity contribution is -0.128. The van der Waals surface area contributed by atoms with Crippen molar-refractivity contribution in [1.29, 1.82) is 0 Å². The monoisotopic (exact) mass is 326 g/mol. The average Bonchev–Trinajstić information content (AvgIpc) is 2.81. The Morgan fingerprint density at radius 1 is 1.58 bits per heavy atom. The van der Waals surface area contributed by atoms with Crippen molar-refractivity contribution in [2.75, 3.05) is 25.0 Å². The van der Waals surface area contributed by atoms with Gasteiger partial charge in [0.1, 0.15) is 0 Å². The summed E-state index contributed by atoms with van der Waals surface area (Å²) < 4.78 is 0.980. The molecule has 0 aromatic heterocycles. The van der Waals surface area contributed by atoms with Gasteiger partial charge in [-0.3, -0.25) is 4.79 Å². The molecule has 2 rings (SSSR count). The number of nitrogens with one attached hydrogen (secondary N) is 1. The Bertz CT molecular complexity index is 492. The Balaban J connectivity index is 2.26. The molecule has 1 unspecified atom stereocenters. The quantitative estimate of drug-likeness (QED) is 0.892. The highest BCUT2D eigenvalue weighted by Gasteiger charge is 2.40. The second-order valence-corrected chi connectivity index (χ2v) is 6.16. The molecule has 19 heavy (non-hydrogen) atoms. The van der Waals surface area contributed by atoms with Crippen LogP contribution in [0.5, 0.6) is 0 Å². The lowest BCUT2D eigenvalue weighted by Gasteiger charge is -2.25. The van der Waals surface area contributed by atoms with Crippen molar-refractivity contribution in [3.05, 3.63) is 28.2 Å². The zero-order valence-electron chi connectivity index (χ0n) is 11.2. The highest BCUT2D eigenvalue weighted by Crippen LogP contribution is 2.36. The number of carbonyl (C=O) groups excluding carboxylic acids is 1. The number of halogens is 1. The fourth-order valence-electron chi connectivity index (χ4n) is 2.62. The van der Waals surface area contributed by atoms with Crippen LogP contribution in [-0.4, -0.2) is 31.2 Å². The standard InChI is InChI=1S/C14H19BrN2O2/c1-14(13(19)16-2)5-6-17(9-14)12-7-11(15)4-3-10(12)8-18/h3-4,7,18H,5-6,8-9H2,1-2H3,(H,16,19). The number of nitrogens with zero attached hydrogens (tertiary/aromatic N) is 1. The minimum atomic E-state index is -0.357. The van der Waals surface area contributed by atoms with Gasteiger partial charge in [0.2, 0.25) is 5.91 Å². The van der Waals surface area contributed by atoms with E-state index in [4.69, 9.17) is 0 Å². The largest absolute Gasteiger partial charge is 0.392 e. The van der Waals surface area contributed by atoms with E-state index >= 15 is 0 Å². The molecule has 0 aliphatic carbocycles. The third-order valence-corrected chi connectivity index (χ3v) is 4.30. The maximum atomic E-state index is 11.9. The summed E-state index contributed by atoms with van der Waals surface area (Å²) in [5.74, 6) is 0.0792. The third-order valence-electron chi connectivity index (χ3n) is 3.81. The van der Waals surface area contributed by atoms with Crippen molar-refractivity contribution in [2.45, 2.75) is 20.0 Å². The van der Waals surface area contributed by atoms with Crippen LogP contribution < -0.4 is 10.2 Å². The fourth-order valence-corrected chi connectivity index (χ4v) is 2.97. The summed E-state index contributed by atoms with van der Waals surface area (Å²) in [6.45, 7) is 3.50. The van der Waals surface area contributed by atoms with E-state index in [-0.39, 0.29) is 17.9 Å². The molecule has 1 aromatic carbocycles. The van der Waals surface area contributed by atoms with E-state index in [1.54, 1.807) is 7.05 Å². The van der Waals surface area contributed by atoms with Gasteiger partial charge in [0, 0.05) is 35.9 Å². The molecular weight excluding hydrogens is 308 g/mol. The second-order valence-electron chi connectivity index (χ2n) is 5.24. The van der Waals surface area contributed by atoms with Gasteiger partial charge in [0.25, 0.3) is 0 Å². The van der Waals surface area contributed by atoms with Gasteiger partial charge in [0.05, 0.1) is 12.0 Å². The maximum Gasteiger partial charge on any atom is 0.227 e. The Hall–Kier alpha value is -1.07. The minimum absolute atomic E-state index is 0.00972. The van der Waals surface area contributed by atoms with Crippen molar-refractivity contribution in [3.8, 4) is 0 Å². The van der Waals surface area contributed by atoms with Crippen molar-refractivity contribution >= 4 is 27.5 Å². The molecule has 0 radical (unpaired) electrons.